The highest BCUT2D eigenvalue weighted by atomic mass is 16.3. The maximum absolute atomic E-state index is 9.09. The topological polar surface area (TPSA) is 64.1 Å². The van der Waals surface area contributed by atoms with Crippen LogP contribution < -0.4 is 5.73 Å². The van der Waals surface area contributed by atoms with Crippen molar-refractivity contribution >= 4 is 5.82 Å². The molecule has 0 fully saturated rings. The van der Waals surface area contributed by atoms with Gasteiger partial charge >= 0.3 is 0 Å². The van der Waals surface area contributed by atoms with Crippen LogP contribution >= 0.6 is 0 Å². The SMILES string of the molecule is Nc1cn(Cc2ccc(O)cc2)cn1. The average molecular weight is 189 g/mol. The van der Waals surface area contributed by atoms with Crippen molar-refractivity contribution in [1.29, 1.82) is 0 Å². The van der Waals surface area contributed by atoms with Gasteiger partial charge in [-0.3, -0.25) is 0 Å². The van der Waals surface area contributed by atoms with E-state index in [1.165, 1.54) is 0 Å². The van der Waals surface area contributed by atoms with Gasteiger partial charge in [-0.1, -0.05) is 12.1 Å². The van der Waals surface area contributed by atoms with E-state index in [-0.39, 0.29) is 5.75 Å². The summed E-state index contributed by atoms with van der Waals surface area (Å²) in [6.07, 6.45) is 3.45. The molecule has 0 aliphatic rings. The van der Waals surface area contributed by atoms with Gasteiger partial charge in [-0.25, -0.2) is 4.98 Å². The first-order valence-electron chi connectivity index (χ1n) is 4.29. The van der Waals surface area contributed by atoms with Crippen molar-refractivity contribution in [2.75, 3.05) is 5.73 Å². The summed E-state index contributed by atoms with van der Waals surface area (Å²) in [5.74, 6) is 0.794. The summed E-state index contributed by atoms with van der Waals surface area (Å²) < 4.78 is 1.89. The highest BCUT2D eigenvalue weighted by Crippen LogP contribution is 2.11. The van der Waals surface area contributed by atoms with Crippen molar-refractivity contribution in [2.45, 2.75) is 6.54 Å². The minimum Gasteiger partial charge on any atom is -0.508 e. The molecule has 0 spiro atoms. The van der Waals surface area contributed by atoms with Crippen molar-refractivity contribution in [2.24, 2.45) is 0 Å². The molecule has 1 aromatic carbocycles. The smallest absolute Gasteiger partial charge is 0.141 e. The number of hydrogen-bond donors (Lipinski definition) is 2. The summed E-state index contributed by atoms with van der Waals surface area (Å²) in [7, 11) is 0. The Balaban J connectivity index is 2.15. The molecule has 0 bridgehead atoms. The second kappa shape index (κ2) is 3.41. The Bertz CT molecular complexity index is 419. The number of nitrogens with two attached hydrogens (primary N) is 1. The first-order chi connectivity index (χ1) is 6.74. The summed E-state index contributed by atoms with van der Waals surface area (Å²) >= 11 is 0. The Morgan fingerprint density at radius 1 is 1.29 bits per heavy atom. The zero-order valence-corrected chi connectivity index (χ0v) is 7.59. The van der Waals surface area contributed by atoms with Crippen molar-refractivity contribution in [3.05, 3.63) is 42.4 Å². The molecule has 0 aliphatic carbocycles. The van der Waals surface area contributed by atoms with Gasteiger partial charge < -0.3 is 15.4 Å². The second-order valence-electron chi connectivity index (χ2n) is 3.14. The number of aromatic nitrogens is 2. The van der Waals surface area contributed by atoms with E-state index in [9.17, 15) is 0 Å². The highest BCUT2D eigenvalue weighted by molar-refractivity contribution is 5.27. The lowest BCUT2D eigenvalue weighted by atomic mass is 10.2. The first kappa shape index (κ1) is 8.62. The number of benzene rings is 1. The lowest BCUT2D eigenvalue weighted by molar-refractivity contribution is 0.475. The van der Waals surface area contributed by atoms with Crippen LogP contribution in [-0.4, -0.2) is 14.7 Å². The zero-order valence-electron chi connectivity index (χ0n) is 7.59. The minimum atomic E-state index is 0.277. The monoisotopic (exact) mass is 189 g/mol. The molecular weight excluding hydrogens is 178 g/mol. The molecule has 2 rings (SSSR count). The fourth-order valence-electron chi connectivity index (χ4n) is 1.28. The van der Waals surface area contributed by atoms with Crippen LogP contribution in [0.4, 0.5) is 5.82 Å². The molecule has 1 aromatic heterocycles. The lowest BCUT2D eigenvalue weighted by Gasteiger charge is -2.01. The van der Waals surface area contributed by atoms with Crippen molar-refractivity contribution in [1.82, 2.24) is 9.55 Å². The molecule has 0 amide bonds. The Labute approximate surface area is 81.6 Å². The van der Waals surface area contributed by atoms with Gasteiger partial charge in [0.15, 0.2) is 0 Å². The largest absolute Gasteiger partial charge is 0.508 e. The van der Waals surface area contributed by atoms with Gasteiger partial charge in [0.05, 0.1) is 6.33 Å². The Kier molecular flexibility index (Phi) is 2.10. The molecule has 2 aromatic rings. The predicted octanol–water partition coefficient (Wildman–Crippen LogP) is 1.22. The Morgan fingerprint density at radius 3 is 2.57 bits per heavy atom. The third kappa shape index (κ3) is 1.85. The molecular formula is C10H11N3O. The maximum Gasteiger partial charge on any atom is 0.141 e. The van der Waals surface area contributed by atoms with Gasteiger partial charge in [-0.2, -0.15) is 0 Å². The van der Waals surface area contributed by atoms with E-state index >= 15 is 0 Å². The molecule has 0 unspecified atom stereocenters. The number of imidazole rings is 1. The molecule has 0 atom stereocenters. The lowest BCUT2D eigenvalue weighted by Crippen LogP contribution is -1.95. The zero-order chi connectivity index (χ0) is 9.97. The predicted molar refractivity (Wildman–Crippen MR) is 53.8 cm³/mol. The summed E-state index contributed by atoms with van der Waals surface area (Å²) in [5, 5.41) is 9.09. The molecule has 0 saturated carbocycles. The summed E-state index contributed by atoms with van der Waals surface area (Å²) in [5.41, 5.74) is 6.58. The highest BCUT2D eigenvalue weighted by Gasteiger charge is 1.96. The Morgan fingerprint density at radius 2 is 2.00 bits per heavy atom. The molecule has 3 N–H and O–H groups in total. The molecule has 0 radical (unpaired) electrons. The third-order valence-electron chi connectivity index (χ3n) is 1.95. The summed E-state index contributed by atoms with van der Waals surface area (Å²) in [4.78, 5) is 3.92. The van der Waals surface area contributed by atoms with Crippen LogP contribution in [0, 0.1) is 0 Å². The molecule has 0 aliphatic heterocycles. The summed E-state index contributed by atoms with van der Waals surface area (Å²) in [6.45, 7) is 0.713. The van der Waals surface area contributed by atoms with Crippen molar-refractivity contribution < 1.29 is 5.11 Å². The number of aromatic hydroxyl groups is 1. The van der Waals surface area contributed by atoms with Crippen molar-refractivity contribution in [3.63, 3.8) is 0 Å². The number of nitrogens with zero attached hydrogens (tertiary/aromatic N) is 2. The van der Waals surface area contributed by atoms with Crippen LogP contribution in [0.5, 0.6) is 5.75 Å². The van der Waals surface area contributed by atoms with Crippen molar-refractivity contribution in [3.8, 4) is 5.75 Å². The van der Waals surface area contributed by atoms with E-state index in [0.29, 0.717) is 12.4 Å². The maximum atomic E-state index is 9.09. The molecule has 1 heterocycles. The fraction of sp³-hybridized carbons (Fsp3) is 0.100. The Hall–Kier alpha value is -1.97. The molecule has 4 heteroatoms. The number of rotatable bonds is 2. The number of nitrogen functional groups attached to an aromatic ring is 1. The van der Waals surface area contributed by atoms with E-state index in [1.54, 1.807) is 24.7 Å². The van der Waals surface area contributed by atoms with E-state index in [2.05, 4.69) is 4.98 Å². The van der Waals surface area contributed by atoms with Gasteiger partial charge in [0.25, 0.3) is 0 Å². The molecule has 72 valence electrons. The summed E-state index contributed by atoms with van der Waals surface area (Å²) in [6, 6.07) is 7.06. The van der Waals surface area contributed by atoms with E-state index in [0.717, 1.165) is 5.56 Å². The fourth-order valence-corrected chi connectivity index (χ4v) is 1.28. The van der Waals surface area contributed by atoms with E-state index in [1.807, 2.05) is 16.7 Å². The van der Waals surface area contributed by atoms with E-state index in [4.69, 9.17) is 10.8 Å². The van der Waals surface area contributed by atoms with Crippen LogP contribution in [-0.2, 0) is 6.54 Å². The van der Waals surface area contributed by atoms with Gasteiger partial charge in [0.1, 0.15) is 11.6 Å². The van der Waals surface area contributed by atoms with Crippen LogP contribution in [0.2, 0.25) is 0 Å². The number of anilines is 1. The standard InChI is InChI=1S/C10H11N3O/c11-10-6-13(7-12-10)5-8-1-3-9(14)4-2-8/h1-4,6-7,14H,5,11H2. The van der Waals surface area contributed by atoms with Crippen LogP contribution in [0.3, 0.4) is 0 Å². The second-order valence-corrected chi connectivity index (χ2v) is 3.14. The molecule has 4 nitrogen and oxygen atoms in total. The van der Waals surface area contributed by atoms with Crippen LogP contribution in [0.1, 0.15) is 5.56 Å². The van der Waals surface area contributed by atoms with Gasteiger partial charge in [0.2, 0.25) is 0 Å². The number of phenols is 1. The molecule has 14 heavy (non-hydrogen) atoms. The molecule has 0 saturated heterocycles. The van der Waals surface area contributed by atoms with E-state index < -0.39 is 0 Å². The van der Waals surface area contributed by atoms with Gasteiger partial charge in [0, 0.05) is 12.7 Å². The average Bonchev–Trinajstić information content (AvgIpc) is 2.56. The van der Waals surface area contributed by atoms with Gasteiger partial charge in [-0.05, 0) is 17.7 Å². The van der Waals surface area contributed by atoms with Gasteiger partial charge in [-0.15, -0.1) is 0 Å². The number of hydrogen-bond acceptors (Lipinski definition) is 3. The quantitative estimate of drug-likeness (QED) is 0.746. The number of phenolic OH excluding ortho intramolecular Hbond substituents is 1. The normalized spacial score (nSPS) is 10.3. The first-order valence-corrected chi connectivity index (χ1v) is 4.29. The van der Waals surface area contributed by atoms with Crippen LogP contribution in [0.15, 0.2) is 36.8 Å². The third-order valence-corrected chi connectivity index (χ3v) is 1.95. The minimum absolute atomic E-state index is 0.277. The van der Waals surface area contributed by atoms with Crippen LogP contribution in [0.25, 0.3) is 0 Å².